The minimum absolute atomic E-state index is 0.0161. The monoisotopic (exact) mass is 320 g/mol. The zero-order valence-electron chi connectivity index (χ0n) is 12.0. The Balaban J connectivity index is 2.00. The Morgan fingerprint density at radius 1 is 1.14 bits per heavy atom. The summed E-state index contributed by atoms with van der Waals surface area (Å²) in [5, 5.41) is 10.6. The van der Waals surface area contributed by atoms with Gasteiger partial charge >= 0.3 is 0 Å². The third-order valence-electron chi connectivity index (χ3n) is 3.15. The van der Waals surface area contributed by atoms with E-state index in [9.17, 15) is 18.5 Å². The average Bonchev–Trinajstić information content (AvgIpc) is 2.47. The van der Waals surface area contributed by atoms with Crippen molar-refractivity contribution in [3.05, 3.63) is 69.8 Å². The molecule has 2 aromatic carbocycles. The molecule has 22 heavy (non-hydrogen) atoms. The molecule has 2 aromatic rings. The van der Waals surface area contributed by atoms with Crippen molar-refractivity contribution in [2.75, 3.05) is 6.54 Å². The van der Waals surface area contributed by atoms with Crippen LogP contribution in [0.5, 0.6) is 0 Å². The highest BCUT2D eigenvalue weighted by Crippen LogP contribution is 2.15. The van der Waals surface area contributed by atoms with Gasteiger partial charge in [0.05, 0.1) is 9.82 Å². The van der Waals surface area contributed by atoms with Crippen LogP contribution in [-0.4, -0.2) is 19.9 Å². The molecule has 0 aromatic heterocycles. The zero-order valence-corrected chi connectivity index (χ0v) is 12.8. The number of non-ortho nitro benzene ring substituents is 1. The van der Waals surface area contributed by atoms with Gasteiger partial charge in [-0.2, -0.15) is 0 Å². The van der Waals surface area contributed by atoms with Crippen LogP contribution >= 0.6 is 0 Å². The average molecular weight is 320 g/mol. The molecule has 0 aliphatic heterocycles. The first-order chi connectivity index (χ1) is 10.4. The zero-order chi connectivity index (χ0) is 16.2. The van der Waals surface area contributed by atoms with Crippen LogP contribution in [0.4, 0.5) is 5.69 Å². The first kappa shape index (κ1) is 16.1. The van der Waals surface area contributed by atoms with E-state index in [4.69, 9.17) is 0 Å². The molecule has 0 bridgehead atoms. The van der Waals surface area contributed by atoms with E-state index in [1.165, 1.54) is 24.3 Å². The summed E-state index contributed by atoms with van der Waals surface area (Å²) in [5.74, 6) is 0. The summed E-state index contributed by atoms with van der Waals surface area (Å²) in [4.78, 5) is 10.0. The summed E-state index contributed by atoms with van der Waals surface area (Å²) >= 11 is 0. The third kappa shape index (κ3) is 4.12. The number of sulfonamides is 1. The van der Waals surface area contributed by atoms with Crippen LogP contribution in [0.15, 0.2) is 53.4 Å². The SMILES string of the molecule is Cc1cccc(CCNS(=O)(=O)c2ccc([N+](=O)[O-])cc2)c1. The lowest BCUT2D eigenvalue weighted by atomic mass is 10.1. The number of aryl methyl sites for hydroxylation is 1. The number of nitro groups is 1. The Bertz CT molecular complexity index is 770. The molecular weight excluding hydrogens is 304 g/mol. The van der Waals surface area contributed by atoms with Gasteiger partial charge in [0, 0.05) is 18.7 Å². The second-order valence-corrected chi connectivity index (χ2v) is 6.65. The molecule has 0 aliphatic rings. The summed E-state index contributed by atoms with van der Waals surface area (Å²) < 4.78 is 26.7. The van der Waals surface area contributed by atoms with Crippen molar-refractivity contribution >= 4 is 15.7 Å². The molecular formula is C15H16N2O4S. The summed E-state index contributed by atoms with van der Waals surface area (Å²) in [7, 11) is -3.66. The maximum atomic E-state index is 12.1. The van der Waals surface area contributed by atoms with E-state index in [0.29, 0.717) is 6.42 Å². The predicted octanol–water partition coefficient (Wildman–Crippen LogP) is 2.42. The van der Waals surface area contributed by atoms with Crippen LogP contribution in [0.2, 0.25) is 0 Å². The molecule has 7 heteroatoms. The van der Waals surface area contributed by atoms with Crippen molar-refractivity contribution in [2.24, 2.45) is 0 Å². The standard InChI is InChI=1S/C15H16N2O4S/c1-12-3-2-4-13(11-12)9-10-16-22(20,21)15-7-5-14(6-8-15)17(18)19/h2-8,11,16H,9-10H2,1H3. The quantitative estimate of drug-likeness (QED) is 0.654. The summed E-state index contributed by atoms with van der Waals surface area (Å²) in [6.45, 7) is 2.24. The van der Waals surface area contributed by atoms with E-state index < -0.39 is 14.9 Å². The lowest BCUT2D eigenvalue weighted by Gasteiger charge is -2.07. The van der Waals surface area contributed by atoms with Gasteiger partial charge in [-0.1, -0.05) is 29.8 Å². The van der Waals surface area contributed by atoms with E-state index >= 15 is 0 Å². The summed E-state index contributed by atoms with van der Waals surface area (Å²) in [6, 6.07) is 12.7. The number of hydrogen-bond acceptors (Lipinski definition) is 4. The van der Waals surface area contributed by atoms with Crippen molar-refractivity contribution in [3.8, 4) is 0 Å². The van der Waals surface area contributed by atoms with Gasteiger partial charge in [-0.05, 0) is 31.0 Å². The molecule has 0 saturated heterocycles. The first-order valence-electron chi connectivity index (χ1n) is 6.68. The van der Waals surface area contributed by atoms with E-state index in [1.807, 2.05) is 31.2 Å². The molecule has 1 N–H and O–H groups in total. The van der Waals surface area contributed by atoms with Gasteiger partial charge in [-0.3, -0.25) is 10.1 Å². The molecule has 0 amide bonds. The number of hydrogen-bond donors (Lipinski definition) is 1. The van der Waals surface area contributed by atoms with Crippen LogP contribution in [0, 0.1) is 17.0 Å². The third-order valence-corrected chi connectivity index (χ3v) is 4.62. The highest BCUT2D eigenvalue weighted by molar-refractivity contribution is 7.89. The Morgan fingerprint density at radius 2 is 1.82 bits per heavy atom. The molecule has 0 atom stereocenters. The normalized spacial score (nSPS) is 11.3. The van der Waals surface area contributed by atoms with Crippen molar-refractivity contribution in [2.45, 2.75) is 18.2 Å². The van der Waals surface area contributed by atoms with Gasteiger partial charge in [-0.25, -0.2) is 13.1 Å². The topological polar surface area (TPSA) is 89.3 Å². The Morgan fingerprint density at radius 3 is 2.41 bits per heavy atom. The second-order valence-electron chi connectivity index (χ2n) is 4.89. The number of nitro benzene ring substituents is 1. The minimum Gasteiger partial charge on any atom is -0.258 e. The Hall–Kier alpha value is -2.25. The molecule has 0 fully saturated rings. The van der Waals surface area contributed by atoms with Gasteiger partial charge in [0.25, 0.3) is 5.69 Å². The largest absolute Gasteiger partial charge is 0.269 e. The molecule has 0 radical (unpaired) electrons. The lowest BCUT2D eigenvalue weighted by molar-refractivity contribution is -0.384. The molecule has 0 aliphatic carbocycles. The van der Waals surface area contributed by atoms with Gasteiger partial charge in [0.2, 0.25) is 10.0 Å². The maximum absolute atomic E-state index is 12.1. The van der Waals surface area contributed by atoms with Crippen LogP contribution < -0.4 is 4.72 Å². The fraction of sp³-hybridized carbons (Fsp3) is 0.200. The van der Waals surface area contributed by atoms with Crippen LogP contribution in [0.1, 0.15) is 11.1 Å². The van der Waals surface area contributed by atoms with Crippen LogP contribution in [0.25, 0.3) is 0 Å². The maximum Gasteiger partial charge on any atom is 0.269 e. The molecule has 0 heterocycles. The Kier molecular flexibility index (Phi) is 4.89. The highest BCUT2D eigenvalue weighted by atomic mass is 32.2. The van der Waals surface area contributed by atoms with E-state index in [-0.39, 0.29) is 17.1 Å². The number of nitrogens with one attached hydrogen (secondary N) is 1. The number of nitrogens with zero attached hydrogens (tertiary/aromatic N) is 1. The second kappa shape index (κ2) is 6.67. The van der Waals surface area contributed by atoms with Crippen molar-refractivity contribution in [1.82, 2.24) is 4.72 Å². The van der Waals surface area contributed by atoms with Crippen LogP contribution in [0.3, 0.4) is 0 Å². The highest BCUT2D eigenvalue weighted by Gasteiger charge is 2.15. The minimum atomic E-state index is -3.66. The smallest absolute Gasteiger partial charge is 0.258 e. The fourth-order valence-electron chi connectivity index (χ4n) is 2.03. The number of benzene rings is 2. The summed E-state index contributed by atoms with van der Waals surface area (Å²) in [5.41, 5.74) is 2.03. The van der Waals surface area contributed by atoms with Crippen molar-refractivity contribution in [1.29, 1.82) is 0 Å². The lowest BCUT2D eigenvalue weighted by Crippen LogP contribution is -2.26. The molecule has 6 nitrogen and oxygen atoms in total. The fourth-order valence-corrected chi connectivity index (χ4v) is 3.06. The van der Waals surface area contributed by atoms with Crippen molar-refractivity contribution in [3.63, 3.8) is 0 Å². The summed E-state index contributed by atoms with van der Waals surface area (Å²) in [6.07, 6.45) is 0.577. The van der Waals surface area contributed by atoms with E-state index in [1.54, 1.807) is 0 Å². The van der Waals surface area contributed by atoms with Gasteiger partial charge in [0.1, 0.15) is 0 Å². The molecule has 0 saturated carbocycles. The first-order valence-corrected chi connectivity index (χ1v) is 8.16. The van der Waals surface area contributed by atoms with Gasteiger partial charge < -0.3 is 0 Å². The molecule has 0 spiro atoms. The predicted molar refractivity (Wildman–Crippen MR) is 83.2 cm³/mol. The molecule has 116 valence electrons. The van der Waals surface area contributed by atoms with Crippen molar-refractivity contribution < 1.29 is 13.3 Å². The number of rotatable bonds is 6. The van der Waals surface area contributed by atoms with E-state index in [2.05, 4.69) is 4.72 Å². The molecule has 0 unspecified atom stereocenters. The van der Waals surface area contributed by atoms with Gasteiger partial charge in [0.15, 0.2) is 0 Å². The van der Waals surface area contributed by atoms with Crippen LogP contribution in [-0.2, 0) is 16.4 Å². The van der Waals surface area contributed by atoms with E-state index in [0.717, 1.165) is 11.1 Å². The molecule has 2 rings (SSSR count). The van der Waals surface area contributed by atoms with Gasteiger partial charge in [-0.15, -0.1) is 0 Å². The Labute approximate surface area is 129 Å².